The van der Waals surface area contributed by atoms with E-state index in [1.54, 1.807) is 23.4 Å². The molecule has 19 heavy (non-hydrogen) atoms. The van der Waals surface area contributed by atoms with Gasteiger partial charge in [-0.15, -0.1) is 0 Å². The molecule has 1 fully saturated rings. The highest BCUT2D eigenvalue weighted by molar-refractivity contribution is 6.31. The van der Waals surface area contributed by atoms with Gasteiger partial charge in [-0.1, -0.05) is 18.5 Å². The largest absolute Gasteiger partial charge is 0.380 e. The van der Waals surface area contributed by atoms with Crippen LogP contribution in [0.25, 0.3) is 0 Å². The lowest BCUT2D eigenvalue weighted by Gasteiger charge is -2.15. The van der Waals surface area contributed by atoms with Crippen LogP contribution >= 0.6 is 11.6 Å². The van der Waals surface area contributed by atoms with Gasteiger partial charge in [-0.25, -0.2) is 4.98 Å². The Morgan fingerprint density at radius 1 is 1.47 bits per heavy atom. The second-order valence-electron chi connectivity index (χ2n) is 4.96. The molecular formula is C13H17ClN4O. The van der Waals surface area contributed by atoms with Crippen molar-refractivity contribution in [3.8, 4) is 0 Å². The van der Waals surface area contributed by atoms with Gasteiger partial charge in [0.05, 0.1) is 35.1 Å². The molecule has 0 amide bonds. The van der Waals surface area contributed by atoms with E-state index in [2.05, 4.69) is 17.0 Å². The second kappa shape index (κ2) is 4.98. The van der Waals surface area contributed by atoms with Gasteiger partial charge in [0, 0.05) is 12.6 Å². The Hall–Kier alpha value is -1.33. The molecule has 0 spiro atoms. The van der Waals surface area contributed by atoms with Gasteiger partial charge in [-0.2, -0.15) is 5.10 Å². The fourth-order valence-corrected chi connectivity index (χ4v) is 2.60. The van der Waals surface area contributed by atoms with Gasteiger partial charge < -0.3 is 9.67 Å². The zero-order valence-electron chi connectivity index (χ0n) is 10.8. The maximum atomic E-state index is 10.6. The molecule has 0 aliphatic heterocycles. The highest BCUT2D eigenvalue weighted by Crippen LogP contribution is 2.38. The Kier molecular flexibility index (Phi) is 3.33. The van der Waals surface area contributed by atoms with Crippen molar-refractivity contribution in [1.82, 2.24) is 19.3 Å². The molecule has 102 valence electrons. The molecule has 0 aromatic carbocycles. The van der Waals surface area contributed by atoms with Crippen LogP contribution in [0.1, 0.15) is 49.7 Å². The molecule has 1 atom stereocenters. The van der Waals surface area contributed by atoms with Gasteiger partial charge in [-0.05, 0) is 19.3 Å². The number of rotatable bonds is 5. The van der Waals surface area contributed by atoms with Crippen molar-refractivity contribution >= 4 is 11.6 Å². The fourth-order valence-electron chi connectivity index (χ4n) is 2.36. The van der Waals surface area contributed by atoms with Crippen molar-refractivity contribution in [1.29, 1.82) is 0 Å². The van der Waals surface area contributed by atoms with Crippen LogP contribution in [0.5, 0.6) is 0 Å². The van der Waals surface area contributed by atoms with Gasteiger partial charge in [0.2, 0.25) is 0 Å². The molecular weight excluding hydrogens is 264 g/mol. The van der Waals surface area contributed by atoms with Gasteiger partial charge in [0.25, 0.3) is 0 Å². The van der Waals surface area contributed by atoms with Crippen molar-refractivity contribution in [3.05, 3.63) is 35.1 Å². The molecule has 2 aromatic heterocycles. The second-order valence-corrected chi connectivity index (χ2v) is 5.37. The molecule has 2 heterocycles. The van der Waals surface area contributed by atoms with Crippen molar-refractivity contribution in [2.45, 2.75) is 44.9 Å². The van der Waals surface area contributed by atoms with Crippen LogP contribution in [0.15, 0.2) is 18.7 Å². The molecule has 1 unspecified atom stereocenters. The first-order chi connectivity index (χ1) is 9.22. The van der Waals surface area contributed by atoms with E-state index in [-0.39, 0.29) is 0 Å². The summed E-state index contributed by atoms with van der Waals surface area (Å²) in [6.07, 6.45) is 7.56. The van der Waals surface area contributed by atoms with E-state index in [4.69, 9.17) is 11.6 Å². The minimum Gasteiger partial charge on any atom is -0.380 e. The number of nitrogens with zero attached hydrogens (tertiary/aromatic N) is 4. The Balaban J connectivity index is 1.96. The SMILES string of the molecule is CCCn1ncc(Cl)c1C(O)c1cncn1C1CC1. The Labute approximate surface area is 116 Å². The summed E-state index contributed by atoms with van der Waals surface area (Å²) in [4.78, 5) is 4.15. The van der Waals surface area contributed by atoms with Crippen molar-refractivity contribution in [2.75, 3.05) is 0 Å². The van der Waals surface area contributed by atoms with Crippen LogP contribution < -0.4 is 0 Å². The number of aliphatic hydroxyl groups excluding tert-OH is 1. The molecule has 1 aliphatic rings. The Bertz CT molecular complexity index is 573. The first-order valence-corrected chi connectivity index (χ1v) is 7.01. The van der Waals surface area contributed by atoms with Crippen molar-refractivity contribution in [2.24, 2.45) is 0 Å². The summed E-state index contributed by atoms with van der Waals surface area (Å²) in [5.41, 5.74) is 1.45. The summed E-state index contributed by atoms with van der Waals surface area (Å²) >= 11 is 6.17. The summed E-state index contributed by atoms with van der Waals surface area (Å²) in [6, 6.07) is 0.480. The first-order valence-electron chi connectivity index (χ1n) is 6.63. The zero-order chi connectivity index (χ0) is 13.4. The minimum absolute atomic E-state index is 0.480. The summed E-state index contributed by atoms with van der Waals surface area (Å²) in [6.45, 7) is 2.82. The highest BCUT2D eigenvalue weighted by atomic mass is 35.5. The van der Waals surface area contributed by atoms with Crippen LogP contribution in [-0.2, 0) is 6.54 Å². The van der Waals surface area contributed by atoms with E-state index >= 15 is 0 Å². The smallest absolute Gasteiger partial charge is 0.139 e. The number of hydrogen-bond acceptors (Lipinski definition) is 3. The van der Waals surface area contributed by atoms with E-state index in [1.807, 2.05) is 4.57 Å². The zero-order valence-corrected chi connectivity index (χ0v) is 11.6. The number of imidazole rings is 1. The fraction of sp³-hybridized carbons (Fsp3) is 0.538. The molecule has 0 saturated heterocycles. The van der Waals surface area contributed by atoms with Crippen molar-refractivity contribution < 1.29 is 5.11 Å². The van der Waals surface area contributed by atoms with E-state index in [1.165, 1.54) is 0 Å². The van der Waals surface area contributed by atoms with Gasteiger partial charge in [-0.3, -0.25) is 4.68 Å². The van der Waals surface area contributed by atoms with Crippen LogP contribution in [-0.4, -0.2) is 24.4 Å². The lowest BCUT2D eigenvalue weighted by atomic mass is 10.2. The lowest BCUT2D eigenvalue weighted by molar-refractivity contribution is 0.197. The predicted octanol–water partition coefficient (Wildman–Crippen LogP) is 2.56. The third-order valence-corrected chi connectivity index (χ3v) is 3.74. The van der Waals surface area contributed by atoms with Crippen LogP contribution in [0, 0.1) is 0 Å². The average Bonchev–Trinajstić information content (AvgIpc) is 3.01. The van der Waals surface area contributed by atoms with E-state index in [0.717, 1.165) is 31.5 Å². The Morgan fingerprint density at radius 3 is 2.95 bits per heavy atom. The highest BCUT2D eigenvalue weighted by Gasteiger charge is 2.29. The maximum absolute atomic E-state index is 10.6. The third-order valence-electron chi connectivity index (χ3n) is 3.44. The summed E-state index contributed by atoms with van der Waals surface area (Å²) in [5.74, 6) is 0. The van der Waals surface area contributed by atoms with Crippen LogP contribution in [0.3, 0.4) is 0 Å². The number of hydrogen-bond donors (Lipinski definition) is 1. The first kappa shape index (κ1) is 12.7. The molecule has 0 radical (unpaired) electrons. The number of aryl methyl sites for hydroxylation is 1. The van der Waals surface area contributed by atoms with E-state index < -0.39 is 6.10 Å². The average molecular weight is 281 g/mol. The molecule has 0 bridgehead atoms. The number of halogens is 1. The molecule has 2 aromatic rings. The van der Waals surface area contributed by atoms with Crippen molar-refractivity contribution in [3.63, 3.8) is 0 Å². The van der Waals surface area contributed by atoms with Gasteiger partial charge in [0.1, 0.15) is 6.10 Å². The molecule has 5 nitrogen and oxygen atoms in total. The lowest BCUT2D eigenvalue weighted by Crippen LogP contribution is -2.13. The van der Waals surface area contributed by atoms with E-state index in [9.17, 15) is 5.11 Å². The van der Waals surface area contributed by atoms with Gasteiger partial charge in [0.15, 0.2) is 0 Å². The summed E-state index contributed by atoms with van der Waals surface area (Å²) in [7, 11) is 0. The number of aliphatic hydroxyl groups is 1. The summed E-state index contributed by atoms with van der Waals surface area (Å²) in [5, 5.41) is 15.3. The topological polar surface area (TPSA) is 55.9 Å². The standard InChI is InChI=1S/C13H17ClN4O/c1-2-5-18-12(10(14)6-16-18)13(19)11-7-15-8-17(11)9-3-4-9/h6-9,13,19H,2-5H2,1H3. The molecule has 1 saturated carbocycles. The van der Waals surface area contributed by atoms with Crippen LogP contribution in [0.4, 0.5) is 0 Å². The third kappa shape index (κ3) is 2.28. The monoisotopic (exact) mass is 280 g/mol. The molecule has 1 N–H and O–H groups in total. The normalized spacial score (nSPS) is 16.8. The van der Waals surface area contributed by atoms with E-state index in [0.29, 0.717) is 16.8 Å². The summed E-state index contributed by atoms with van der Waals surface area (Å²) < 4.78 is 3.82. The predicted molar refractivity (Wildman–Crippen MR) is 72.1 cm³/mol. The quantitative estimate of drug-likeness (QED) is 0.916. The maximum Gasteiger partial charge on any atom is 0.139 e. The number of aromatic nitrogens is 4. The molecule has 3 rings (SSSR count). The van der Waals surface area contributed by atoms with Gasteiger partial charge >= 0.3 is 0 Å². The molecule has 1 aliphatic carbocycles. The van der Waals surface area contributed by atoms with Crippen LogP contribution in [0.2, 0.25) is 5.02 Å². The molecule has 6 heteroatoms. The minimum atomic E-state index is -0.773. The Morgan fingerprint density at radius 2 is 2.26 bits per heavy atom.